The molecule has 3 atom stereocenters. The number of nitrogens with one attached hydrogen (secondary N) is 1. The van der Waals surface area contributed by atoms with E-state index in [0.717, 1.165) is 37.5 Å². The van der Waals surface area contributed by atoms with Crippen LogP contribution in [0.5, 0.6) is 0 Å². The van der Waals surface area contributed by atoms with E-state index < -0.39 is 5.60 Å². The van der Waals surface area contributed by atoms with E-state index in [1.807, 2.05) is 11.8 Å². The molecule has 0 aromatic carbocycles. The number of aliphatic hydroxyl groups is 1. The molecule has 0 bridgehead atoms. The highest BCUT2D eigenvalue weighted by molar-refractivity contribution is 7.99. The van der Waals surface area contributed by atoms with Crippen molar-refractivity contribution in [2.75, 3.05) is 24.7 Å². The third kappa shape index (κ3) is 2.11. The quantitative estimate of drug-likeness (QED) is 0.800. The average Bonchev–Trinajstić information content (AvgIpc) is 2.67. The van der Waals surface area contributed by atoms with Gasteiger partial charge < -0.3 is 15.2 Å². The van der Waals surface area contributed by atoms with Gasteiger partial charge in [0.15, 0.2) is 0 Å². The molecule has 1 aliphatic heterocycles. The van der Waals surface area contributed by atoms with Crippen molar-refractivity contribution in [2.24, 2.45) is 5.41 Å². The molecule has 4 heteroatoms. The topological polar surface area (TPSA) is 41.5 Å². The second-order valence-corrected chi connectivity index (χ2v) is 7.33. The molecule has 0 radical (unpaired) electrons. The fourth-order valence-corrected chi connectivity index (χ4v) is 5.07. The van der Waals surface area contributed by atoms with Crippen molar-refractivity contribution in [3.63, 3.8) is 0 Å². The molecule has 0 unspecified atom stereocenters. The summed E-state index contributed by atoms with van der Waals surface area (Å²) >= 11 is 1.87. The van der Waals surface area contributed by atoms with Crippen LogP contribution in [-0.2, 0) is 4.74 Å². The van der Waals surface area contributed by atoms with E-state index in [2.05, 4.69) is 12.2 Å². The monoisotopic (exact) mass is 271 g/mol. The maximum atomic E-state index is 10.4. The molecule has 0 aromatic heterocycles. The third-order valence-electron chi connectivity index (χ3n) is 5.20. The highest BCUT2D eigenvalue weighted by atomic mass is 32.2. The molecule has 3 aliphatic rings. The maximum Gasteiger partial charge on any atom is 0.0869 e. The van der Waals surface area contributed by atoms with E-state index in [9.17, 15) is 5.11 Å². The van der Waals surface area contributed by atoms with Crippen LogP contribution < -0.4 is 5.32 Å². The van der Waals surface area contributed by atoms with Crippen molar-refractivity contribution in [3.8, 4) is 0 Å². The minimum Gasteiger partial charge on any atom is -0.388 e. The van der Waals surface area contributed by atoms with Gasteiger partial charge in [-0.05, 0) is 38.4 Å². The Labute approximate surface area is 114 Å². The van der Waals surface area contributed by atoms with Crippen LogP contribution in [0.2, 0.25) is 0 Å². The Bertz CT molecular complexity index is 300. The molecule has 18 heavy (non-hydrogen) atoms. The van der Waals surface area contributed by atoms with Crippen LogP contribution in [0.25, 0.3) is 0 Å². The Balaban J connectivity index is 1.52. The molecular weight excluding hydrogens is 246 g/mol. The van der Waals surface area contributed by atoms with E-state index in [0.29, 0.717) is 17.6 Å². The zero-order valence-corrected chi connectivity index (χ0v) is 12.1. The Kier molecular flexibility index (Phi) is 3.65. The highest BCUT2D eigenvalue weighted by Crippen LogP contribution is 2.57. The lowest BCUT2D eigenvalue weighted by Gasteiger charge is -2.61. The van der Waals surface area contributed by atoms with Crippen LogP contribution in [0.1, 0.15) is 39.0 Å². The molecule has 3 rings (SSSR count). The first kappa shape index (κ1) is 13.2. The van der Waals surface area contributed by atoms with E-state index >= 15 is 0 Å². The van der Waals surface area contributed by atoms with Crippen LogP contribution >= 0.6 is 11.8 Å². The normalized spacial score (nSPS) is 41.7. The zero-order valence-electron chi connectivity index (χ0n) is 11.3. The van der Waals surface area contributed by atoms with Crippen LogP contribution in [-0.4, -0.2) is 47.5 Å². The summed E-state index contributed by atoms with van der Waals surface area (Å²) in [6.45, 7) is 3.69. The van der Waals surface area contributed by atoms with Crippen molar-refractivity contribution < 1.29 is 9.84 Å². The van der Waals surface area contributed by atoms with Crippen molar-refractivity contribution in [1.29, 1.82) is 0 Å². The molecule has 1 heterocycles. The molecule has 2 aliphatic carbocycles. The van der Waals surface area contributed by atoms with Gasteiger partial charge in [-0.3, -0.25) is 0 Å². The zero-order chi connectivity index (χ0) is 12.6. The summed E-state index contributed by atoms with van der Waals surface area (Å²) in [6.07, 6.45) is 6.52. The summed E-state index contributed by atoms with van der Waals surface area (Å²) in [6, 6.07) is 0.581. The van der Waals surface area contributed by atoms with Crippen LogP contribution in [0.3, 0.4) is 0 Å². The molecule has 1 saturated heterocycles. The molecule has 3 nitrogen and oxygen atoms in total. The van der Waals surface area contributed by atoms with E-state index in [1.54, 1.807) is 0 Å². The summed E-state index contributed by atoms with van der Waals surface area (Å²) in [7, 11) is 0. The van der Waals surface area contributed by atoms with Gasteiger partial charge in [0.2, 0.25) is 0 Å². The van der Waals surface area contributed by atoms with Gasteiger partial charge in [0, 0.05) is 30.4 Å². The summed E-state index contributed by atoms with van der Waals surface area (Å²) < 4.78 is 5.86. The smallest absolute Gasteiger partial charge is 0.0869 e. The summed E-state index contributed by atoms with van der Waals surface area (Å²) in [5.74, 6) is 2.00. The van der Waals surface area contributed by atoms with E-state index in [-0.39, 0.29) is 0 Å². The third-order valence-corrected chi connectivity index (χ3v) is 6.43. The number of hydrogen-bond donors (Lipinski definition) is 2. The molecule has 104 valence electrons. The second-order valence-electron chi connectivity index (χ2n) is 6.23. The molecule has 1 spiro atoms. The van der Waals surface area contributed by atoms with Gasteiger partial charge in [-0.2, -0.15) is 11.8 Å². The van der Waals surface area contributed by atoms with Gasteiger partial charge in [-0.25, -0.2) is 0 Å². The van der Waals surface area contributed by atoms with Gasteiger partial charge in [0.05, 0.1) is 11.7 Å². The standard InChI is InChI=1S/C14H25NO2S/c1-2-17-12-8-11(14(12)4-3-5-14)15-9-13(16)6-7-18-10-13/h11-12,15-16H,2-10H2,1H3/t11-,12+,13+/m0/s1. The fraction of sp³-hybridized carbons (Fsp3) is 1.00. The second kappa shape index (κ2) is 4.97. The Hall–Kier alpha value is 0.230. The minimum absolute atomic E-state index is 0.415. The highest BCUT2D eigenvalue weighted by Gasteiger charge is 2.58. The molecular formula is C14H25NO2S. The minimum atomic E-state index is -0.452. The molecule has 3 fully saturated rings. The molecule has 2 N–H and O–H groups in total. The molecule has 0 aromatic rings. The Morgan fingerprint density at radius 1 is 1.39 bits per heavy atom. The van der Waals surface area contributed by atoms with E-state index in [1.165, 1.54) is 19.3 Å². The maximum absolute atomic E-state index is 10.4. The number of hydrogen-bond acceptors (Lipinski definition) is 4. The number of rotatable bonds is 5. The van der Waals surface area contributed by atoms with Crippen molar-refractivity contribution in [3.05, 3.63) is 0 Å². The number of ether oxygens (including phenoxy) is 1. The van der Waals surface area contributed by atoms with Crippen LogP contribution in [0.4, 0.5) is 0 Å². The lowest BCUT2D eigenvalue weighted by Crippen LogP contribution is -2.68. The lowest BCUT2D eigenvalue weighted by molar-refractivity contribution is -0.174. The van der Waals surface area contributed by atoms with Crippen molar-refractivity contribution >= 4 is 11.8 Å². The van der Waals surface area contributed by atoms with Crippen molar-refractivity contribution in [1.82, 2.24) is 5.32 Å². The van der Waals surface area contributed by atoms with Gasteiger partial charge in [-0.1, -0.05) is 6.42 Å². The predicted molar refractivity (Wildman–Crippen MR) is 75.0 cm³/mol. The first-order valence-corrected chi connectivity index (χ1v) is 8.49. The summed E-state index contributed by atoms with van der Waals surface area (Å²) in [5.41, 5.74) is -0.0373. The predicted octanol–water partition coefficient (Wildman–Crippen LogP) is 1.79. The van der Waals surface area contributed by atoms with Gasteiger partial charge in [0.25, 0.3) is 0 Å². The Morgan fingerprint density at radius 2 is 2.22 bits per heavy atom. The first-order chi connectivity index (χ1) is 8.69. The molecule has 2 saturated carbocycles. The number of thioether (sulfide) groups is 1. The largest absolute Gasteiger partial charge is 0.388 e. The fourth-order valence-electron chi connectivity index (χ4n) is 3.77. The van der Waals surface area contributed by atoms with Gasteiger partial charge in [0.1, 0.15) is 0 Å². The average molecular weight is 271 g/mol. The van der Waals surface area contributed by atoms with Crippen molar-refractivity contribution in [2.45, 2.75) is 56.8 Å². The molecule has 0 amide bonds. The van der Waals surface area contributed by atoms with Crippen LogP contribution in [0.15, 0.2) is 0 Å². The SMILES string of the molecule is CCO[C@@H]1C[C@H](NC[C@]2(O)CCSC2)C12CCC2. The van der Waals surface area contributed by atoms with Gasteiger partial charge >= 0.3 is 0 Å². The lowest BCUT2D eigenvalue weighted by atomic mass is 9.51. The summed E-state index contributed by atoms with van der Waals surface area (Å²) in [5, 5.41) is 14.0. The van der Waals surface area contributed by atoms with Crippen LogP contribution in [0, 0.1) is 5.41 Å². The summed E-state index contributed by atoms with van der Waals surface area (Å²) in [4.78, 5) is 0. The van der Waals surface area contributed by atoms with E-state index in [4.69, 9.17) is 4.74 Å². The Morgan fingerprint density at radius 3 is 2.78 bits per heavy atom. The first-order valence-electron chi connectivity index (χ1n) is 7.34. The van der Waals surface area contributed by atoms with Gasteiger partial charge in [-0.15, -0.1) is 0 Å².